The van der Waals surface area contributed by atoms with Crippen molar-refractivity contribution in [1.29, 1.82) is 0 Å². The van der Waals surface area contributed by atoms with Gasteiger partial charge < -0.3 is 15.0 Å². The minimum atomic E-state index is -3.62. The van der Waals surface area contributed by atoms with Gasteiger partial charge in [-0.3, -0.25) is 13.9 Å². The highest BCUT2D eigenvalue weighted by atomic mass is 32.2. The average molecular weight is 594 g/mol. The number of nitrogens with one attached hydrogen (secondary N) is 1. The number of rotatable bonds is 13. The second-order valence-corrected chi connectivity index (χ2v) is 13.5. The number of hydrogen-bond acceptors (Lipinski definition) is 5. The number of aryl methyl sites for hydroxylation is 1. The van der Waals surface area contributed by atoms with Gasteiger partial charge in [0.1, 0.15) is 11.8 Å². The number of ether oxygens (including phenoxy) is 1. The maximum atomic E-state index is 13.9. The molecule has 1 unspecified atom stereocenters. The Bertz CT molecular complexity index is 1430. The number of benzene rings is 3. The van der Waals surface area contributed by atoms with Crippen molar-refractivity contribution >= 4 is 27.5 Å². The first-order valence-electron chi connectivity index (χ1n) is 14.1. The first-order valence-corrected chi connectivity index (χ1v) is 15.9. The van der Waals surface area contributed by atoms with E-state index in [0.717, 1.165) is 22.9 Å². The topological polar surface area (TPSA) is 96.0 Å². The smallest absolute Gasteiger partial charge is 0.243 e. The minimum absolute atomic E-state index is 0.0654. The van der Waals surface area contributed by atoms with Crippen LogP contribution >= 0.6 is 0 Å². The monoisotopic (exact) mass is 593 g/mol. The van der Waals surface area contributed by atoms with E-state index in [4.69, 9.17) is 4.74 Å². The number of carbonyl (C=O) groups is 2. The van der Waals surface area contributed by atoms with Gasteiger partial charge in [-0.2, -0.15) is 0 Å². The van der Waals surface area contributed by atoms with Crippen molar-refractivity contribution < 1.29 is 22.7 Å². The molecular weight excluding hydrogens is 550 g/mol. The summed E-state index contributed by atoms with van der Waals surface area (Å²) in [4.78, 5) is 29.3. The molecule has 0 aliphatic carbocycles. The highest BCUT2D eigenvalue weighted by Gasteiger charge is 2.32. The van der Waals surface area contributed by atoms with E-state index in [1.54, 1.807) is 29.2 Å². The number of sulfonamides is 1. The van der Waals surface area contributed by atoms with Gasteiger partial charge in [-0.1, -0.05) is 66.2 Å². The summed E-state index contributed by atoms with van der Waals surface area (Å²) in [5.74, 6) is 0.0794. The van der Waals surface area contributed by atoms with E-state index < -0.39 is 21.6 Å². The van der Waals surface area contributed by atoms with Gasteiger partial charge in [0, 0.05) is 37.5 Å². The zero-order valence-electron chi connectivity index (χ0n) is 25.5. The number of methoxy groups -OCH3 is 1. The molecule has 1 atom stereocenters. The van der Waals surface area contributed by atoms with Crippen molar-refractivity contribution in [3.8, 4) is 5.75 Å². The van der Waals surface area contributed by atoms with Gasteiger partial charge in [0.2, 0.25) is 21.8 Å². The predicted octanol–water partition coefficient (Wildman–Crippen LogP) is 5.10. The summed E-state index contributed by atoms with van der Waals surface area (Å²) in [5, 5.41) is 3.06. The molecule has 0 aromatic heterocycles. The molecule has 2 amide bonds. The number of hydrogen-bond donors (Lipinski definition) is 1. The molecule has 0 fully saturated rings. The van der Waals surface area contributed by atoms with E-state index in [1.807, 2.05) is 82.3 Å². The van der Waals surface area contributed by atoms with Gasteiger partial charge in [-0.15, -0.1) is 0 Å². The van der Waals surface area contributed by atoms with Crippen molar-refractivity contribution in [1.82, 2.24) is 10.2 Å². The quantitative estimate of drug-likeness (QED) is 0.297. The van der Waals surface area contributed by atoms with Crippen LogP contribution in [0.3, 0.4) is 0 Å². The molecule has 226 valence electrons. The lowest BCUT2D eigenvalue weighted by Crippen LogP contribution is -2.54. The molecule has 0 saturated heterocycles. The molecule has 9 heteroatoms. The Morgan fingerprint density at radius 1 is 0.929 bits per heavy atom. The van der Waals surface area contributed by atoms with Crippen LogP contribution in [0.5, 0.6) is 5.75 Å². The molecule has 0 aliphatic rings. The van der Waals surface area contributed by atoms with E-state index in [1.165, 1.54) is 11.4 Å². The Morgan fingerprint density at radius 2 is 1.60 bits per heavy atom. The summed E-state index contributed by atoms with van der Waals surface area (Å²) in [6.07, 6.45) is 1.83. The molecule has 0 spiro atoms. The Kier molecular flexibility index (Phi) is 11.2. The van der Waals surface area contributed by atoms with Crippen LogP contribution in [0, 0.1) is 6.92 Å². The van der Waals surface area contributed by atoms with Crippen LogP contribution in [0.1, 0.15) is 50.3 Å². The number of amides is 2. The van der Waals surface area contributed by atoms with E-state index in [2.05, 4.69) is 5.32 Å². The molecule has 3 aromatic carbocycles. The van der Waals surface area contributed by atoms with Gasteiger partial charge in [0.15, 0.2) is 0 Å². The molecule has 42 heavy (non-hydrogen) atoms. The lowest BCUT2D eigenvalue weighted by molar-refractivity contribution is -0.142. The fourth-order valence-electron chi connectivity index (χ4n) is 4.67. The van der Waals surface area contributed by atoms with Crippen LogP contribution < -0.4 is 14.4 Å². The fourth-order valence-corrected chi connectivity index (χ4v) is 5.62. The van der Waals surface area contributed by atoms with Crippen molar-refractivity contribution in [3.05, 3.63) is 95.6 Å². The minimum Gasteiger partial charge on any atom is -0.497 e. The number of nitrogens with zero attached hydrogens (tertiary/aromatic N) is 2. The third-order valence-electron chi connectivity index (χ3n) is 6.74. The SMILES string of the molecule is COc1cccc(N(CCCC(=O)N(Cc2ccc(C)cc2)C(Cc2ccccc2)C(=O)NC(C)(C)C)S(C)(=O)=O)c1. The van der Waals surface area contributed by atoms with Crippen molar-refractivity contribution in [2.75, 3.05) is 24.2 Å². The highest BCUT2D eigenvalue weighted by molar-refractivity contribution is 7.92. The maximum absolute atomic E-state index is 13.9. The van der Waals surface area contributed by atoms with Gasteiger partial charge in [0.05, 0.1) is 19.1 Å². The summed E-state index contributed by atoms with van der Waals surface area (Å²) in [7, 11) is -2.10. The van der Waals surface area contributed by atoms with Crippen LogP contribution in [0.25, 0.3) is 0 Å². The van der Waals surface area contributed by atoms with Crippen LogP contribution in [-0.4, -0.2) is 56.6 Å². The second-order valence-electron chi connectivity index (χ2n) is 11.6. The Morgan fingerprint density at radius 3 is 2.19 bits per heavy atom. The molecule has 3 rings (SSSR count). The molecule has 0 heterocycles. The molecule has 0 bridgehead atoms. The first-order chi connectivity index (χ1) is 19.8. The van der Waals surface area contributed by atoms with E-state index in [0.29, 0.717) is 17.9 Å². The van der Waals surface area contributed by atoms with Crippen molar-refractivity contribution in [2.45, 2.75) is 65.1 Å². The molecule has 1 N–H and O–H groups in total. The number of anilines is 1. The summed E-state index contributed by atoms with van der Waals surface area (Å²) in [6.45, 7) is 8.09. The molecule has 0 saturated carbocycles. The molecular formula is C33H43N3O5S. The van der Waals surface area contributed by atoms with Gasteiger partial charge in [-0.05, 0) is 57.4 Å². The second kappa shape index (κ2) is 14.4. The van der Waals surface area contributed by atoms with Gasteiger partial charge in [-0.25, -0.2) is 8.42 Å². The van der Waals surface area contributed by atoms with Crippen LogP contribution in [0.4, 0.5) is 5.69 Å². The third-order valence-corrected chi connectivity index (χ3v) is 7.93. The summed E-state index contributed by atoms with van der Waals surface area (Å²) in [6, 6.07) is 23.6. The maximum Gasteiger partial charge on any atom is 0.243 e. The summed E-state index contributed by atoms with van der Waals surface area (Å²) in [5.41, 5.74) is 2.92. The van der Waals surface area contributed by atoms with Crippen molar-refractivity contribution in [2.24, 2.45) is 0 Å². The van der Waals surface area contributed by atoms with E-state index in [9.17, 15) is 18.0 Å². The Balaban J connectivity index is 1.90. The zero-order valence-corrected chi connectivity index (χ0v) is 26.3. The van der Waals surface area contributed by atoms with Crippen LogP contribution in [-0.2, 0) is 32.6 Å². The summed E-state index contributed by atoms with van der Waals surface area (Å²) < 4.78 is 31.9. The van der Waals surface area contributed by atoms with Crippen LogP contribution in [0.15, 0.2) is 78.9 Å². The Hall–Kier alpha value is -3.85. The average Bonchev–Trinajstić information content (AvgIpc) is 2.92. The third kappa shape index (κ3) is 9.91. The van der Waals surface area contributed by atoms with E-state index >= 15 is 0 Å². The molecule has 3 aromatic rings. The lowest BCUT2D eigenvalue weighted by Gasteiger charge is -2.34. The van der Waals surface area contributed by atoms with Gasteiger partial charge in [0.25, 0.3) is 0 Å². The molecule has 8 nitrogen and oxygen atoms in total. The first kappa shape index (κ1) is 32.7. The highest BCUT2D eigenvalue weighted by Crippen LogP contribution is 2.24. The fraction of sp³-hybridized carbons (Fsp3) is 0.394. The van der Waals surface area contributed by atoms with Crippen molar-refractivity contribution in [3.63, 3.8) is 0 Å². The summed E-state index contributed by atoms with van der Waals surface area (Å²) >= 11 is 0. The van der Waals surface area contributed by atoms with Gasteiger partial charge >= 0.3 is 0 Å². The standard InChI is InChI=1S/C33H43N3O5S/c1-25-17-19-27(20-18-25)24-35(30(32(38)34-33(2,3)4)22-26-12-8-7-9-13-26)31(37)16-11-21-36(42(6,39)40)28-14-10-15-29(23-28)41-5/h7-10,12-15,17-20,23,30H,11,16,21-22,24H2,1-6H3,(H,34,38). The number of carbonyl (C=O) groups excluding carboxylic acids is 2. The normalized spacial score (nSPS) is 12.3. The molecule has 0 aliphatic heterocycles. The lowest BCUT2D eigenvalue weighted by atomic mass is 10.00. The largest absolute Gasteiger partial charge is 0.497 e. The predicted molar refractivity (Wildman–Crippen MR) is 168 cm³/mol. The molecule has 0 radical (unpaired) electrons. The Labute approximate surface area is 250 Å². The zero-order chi connectivity index (χ0) is 30.9. The van der Waals surface area contributed by atoms with Crippen LogP contribution in [0.2, 0.25) is 0 Å². The van der Waals surface area contributed by atoms with E-state index in [-0.39, 0.29) is 37.7 Å².